The van der Waals surface area contributed by atoms with Gasteiger partial charge in [0, 0.05) is 44.6 Å². The Balaban J connectivity index is 3.02. The molecule has 0 bridgehead atoms. The van der Waals surface area contributed by atoms with Crippen LogP contribution in [0.3, 0.4) is 0 Å². The zero-order valence-electron chi connectivity index (χ0n) is 13.8. The van der Waals surface area contributed by atoms with E-state index in [2.05, 4.69) is 0 Å². The van der Waals surface area contributed by atoms with E-state index in [4.69, 9.17) is 9.84 Å². The molecule has 0 aliphatic rings. The Bertz CT molecular complexity index is 514. The molecule has 1 aromatic heterocycles. The molecule has 0 radical (unpaired) electrons. The van der Waals surface area contributed by atoms with Gasteiger partial charge >= 0.3 is 0 Å². The van der Waals surface area contributed by atoms with Gasteiger partial charge in [0.15, 0.2) is 5.75 Å². The number of hydrogen-bond acceptors (Lipinski definition) is 5. The molecule has 0 fully saturated rings. The van der Waals surface area contributed by atoms with Crippen molar-refractivity contribution in [3.05, 3.63) is 27.7 Å². The van der Waals surface area contributed by atoms with Crippen LogP contribution in [0.2, 0.25) is 0 Å². The van der Waals surface area contributed by atoms with Crippen molar-refractivity contribution >= 4 is 0 Å². The van der Waals surface area contributed by atoms with Crippen LogP contribution in [0.25, 0.3) is 0 Å². The SMILES string of the molecule is CCOCCCn1c(C)cc(=O)c(O)c1CN(CC)CCO. The lowest BCUT2D eigenvalue weighted by atomic mass is 10.2. The molecule has 2 N–H and O–H groups in total. The van der Waals surface area contributed by atoms with E-state index < -0.39 is 0 Å². The van der Waals surface area contributed by atoms with Gasteiger partial charge in [0.2, 0.25) is 5.43 Å². The first-order chi connectivity index (χ1) is 10.5. The summed E-state index contributed by atoms with van der Waals surface area (Å²) in [5, 5.41) is 19.3. The molecular formula is C16H28N2O4. The third kappa shape index (κ3) is 5.12. The second-order valence-corrected chi connectivity index (χ2v) is 5.24. The van der Waals surface area contributed by atoms with Crippen molar-refractivity contribution in [3.63, 3.8) is 0 Å². The van der Waals surface area contributed by atoms with E-state index in [1.165, 1.54) is 6.07 Å². The number of nitrogens with zero attached hydrogens (tertiary/aromatic N) is 2. The number of aliphatic hydroxyl groups excluding tert-OH is 1. The Morgan fingerprint density at radius 3 is 2.68 bits per heavy atom. The maximum atomic E-state index is 11.9. The van der Waals surface area contributed by atoms with Crippen LogP contribution in [0, 0.1) is 6.92 Å². The zero-order valence-corrected chi connectivity index (χ0v) is 13.8. The first kappa shape index (κ1) is 18.7. The molecule has 126 valence electrons. The van der Waals surface area contributed by atoms with E-state index in [0.29, 0.717) is 38.5 Å². The molecule has 0 amide bonds. The van der Waals surface area contributed by atoms with E-state index in [1.807, 2.05) is 30.2 Å². The third-order valence-electron chi connectivity index (χ3n) is 3.71. The molecule has 0 unspecified atom stereocenters. The van der Waals surface area contributed by atoms with Crippen LogP contribution >= 0.6 is 0 Å². The minimum atomic E-state index is -0.353. The Morgan fingerprint density at radius 2 is 2.09 bits per heavy atom. The largest absolute Gasteiger partial charge is 0.503 e. The molecule has 0 saturated carbocycles. The summed E-state index contributed by atoms with van der Waals surface area (Å²) in [4.78, 5) is 13.9. The predicted molar refractivity (Wildman–Crippen MR) is 86.3 cm³/mol. The minimum Gasteiger partial charge on any atom is -0.503 e. The number of ether oxygens (including phenoxy) is 1. The molecule has 1 rings (SSSR count). The summed E-state index contributed by atoms with van der Waals surface area (Å²) in [6.45, 7) is 9.56. The van der Waals surface area contributed by atoms with Crippen LogP contribution in [-0.4, -0.2) is 52.6 Å². The summed E-state index contributed by atoms with van der Waals surface area (Å²) in [7, 11) is 0. The molecule has 0 atom stereocenters. The number of rotatable bonds is 10. The topological polar surface area (TPSA) is 74.9 Å². The molecule has 6 nitrogen and oxygen atoms in total. The summed E-state index contributed by atoms with van der Waals surface area (Å²) in [6.07, 6.45) is 0.816. The number of pyridine rings is 1. The molecule has 1 aromatic rings. The third-order valence-corrected chi connectivity index (χ3v) is 3.71. The first-order valence-electron chi connectivity index (χ1n) is 7.88. The van der Waals surface area contributed by atoms with Gasteiger partial charge in [-0.25, -0.2) is 0 Å². The van der Waals surface area contributed by atoms with E-state index >= 15 is 0 Å². The van der Waals surface area contributed by atoms with Crippen LogP contribution in [0.15, 0.2) is 10.9 Å². The van der Waals surface area contributed by atoms with Crippen molar-refractivity contribution in [1.82, 2.24) is 9.47 Å². The highest BCUT2D eigenvalue weighted by Crippen LogP contribution is 2.17. The molecule has 0 aliphatic carbocycles. The molecule has 1 heterocycles. The van der Waals surface area contributed by atoms with Gasteiger partial charge in [0.05, 0.1) is 12.3 Å². The molecule has 0 aliphatic heterocycles. The van der Waals surface area contributed by atoms with Crippen molar-refractivity contribution in [3.8, 4) is 5.75 Å². The van der Waals surface area contributed by atoms with Crippen molar-refractivity contribution in [2.75, 3.05) is 32.9 Å². The number of aromatic hydroxyl groups is 1. The number of likely N-dealkylation sites (N-methyl/N-ethyl adjacent to an activating group) is 1. The predicted octanol–water partition coefficient (Wildman–Crippen LogP) is 1.10. The molecule has 0 spiro atoms. The minimum absolute atomic E-state index is 0.0506. The van der Waals surface area contributed by atoms with Crippen molar-refractivity contribution < 1.29 is 14.9 Å². The fraction of sp³-hybridized carbons (Fsp3) is 0.688. The fourth-order valence-corrected chi connectivity index (χ4v) is 2.46. The Labute approximate surface area is 131 Å². The van der Waals surface area contributed by atoms with Gasteiger partial charge in [-0.05, 0) is 26.8 Å². The first-order valence-corrected chi connectivity index (χ1v) is 7.88. The van der Waals surface area contributed by atoms with E-state index in [9.17, 15) is 9.90 Å². The van der Waals surface area contributed by atoms with Crippen LogP contribution < -0.4 is 5.43 Å². The average Bonchev–Trinajstić information content (AvgIpc) is 2.50. The monoisotopic (exact) mass is 312 g/mol. The molecule has 0 aromatic carbocycles. The van der Waals surface area contributed by atoms with Crippen LogP contribution in [0.5, 0.6) is 5.75 Å². The van der Waals surface area contributed by atoms with Crippen LogP contribution in [0.4, 0.5) is 0 Å². The average molecular weight is 312 g/mol. The zero-order chi connectivity index (χ0) is 16.5. The van der Waals surface area contributed by atoms with Gasteiger partial charge in [0.1, 0.15) is 0 Å². The van der Waals surface area contributed by atoms with Crippen LogP contribution in [-0.2, 0) is 17.8 Å². The normalized spacial score (nSPS) is 11.3. The van der Waals surface area contributed by atoms with Crippen molar-refractivity contribution in [1.29, 1.82) is 0 Å². The highest BCUT2D eigenvalue weighted by Gasteiger charge is 2.15. The summed E-state index contributed by atoms with van der Waals surface area (Å²) in [6, 6.07) is 1.46. The Hall–Kier alpha value is -1.37. The quantitative estimate of drug-likeness (QED) is 0.633. The number of aryl methyl sites for hydroxylation is 1. The standard InChI is InChI=1S/C16H28N2O4/c1-4-17(8-9-19)12-14-16(21)15(20)11-13(3)18(14)7-6-10-22-5-2/h11,19,21H,4-10,12H2,1-3H3. The second kappa shape index (κ2) is 9.61. The highest BCUT2D eigenvalue weighted by atomic mass is 16.5. The van der Waals surface area contributed by atoms with Gasteiger partial charge in [-0.2, -0.15) is 0 Å². The Morgan fingerprint density at radius 1 is 1.36 bits per heavy atom. The number of aromatic nitrogens is 1. The van der Waals surface area contributed by atoms with Gasteiger partial charge in [-0.3, -0.25) is 9.69 Å². The Kier molecular flexibility index (Phi) is 8.16. The lowest BCUT2D eigenvalue weighted by Gasteiger charge is -2.24. The van der Waals surface area contributed by atoms with E-state index in [-0.39, 0.29) is 17.8 Å². The highest BCUT2D eigenvalue weighted by molar-refractivity contribution is 5.29. The van der Waals surface area contributed by atoms with Crippen LogP contribution in [0.1, 0.15) is 31.7 Å². The van der Waals surface area contributed by atoms with Gasteiger partial charge in [-0.1, -0.05) is 6.92 Å². The van der Waals surface area contributed by atoms with E-state index in [0.717, 1.165) is 18.7 Å². The maximum absolute atomic E-state index is 11.9. The lowest BCUT2D eigenvalue weighted by molar-refractivity contribution is 0.140. The summed E-state index contributed by atoms with van der Waals surface area (Å²) < 4.78 is 7.32. The summed E-state index contributed by atoms with van der Waals surface area (Å²) in [5.74, 6) is -0.196. The fourth-order valence-electron chi connectivity index (χ4n) is 2.46. The molecule has 0 saturated heterocycles. The maximum Gasteiger partial charge on any atom is 0.223 e. The number of aliphatic hydroxyl groups is 1. The number of hydrogen-bond donors (Lipinski definition) is 2. The smallest absolute Gasteiger partial charge is 0.223 e. The summed E-state index contributed by atoms with van der Waals surface area (Å²) in [5.41, 5.74) is 1.08. The van der Waals surface area contributed by atoms with E-state index in [1.54, 1.807) is 0 Å². The van der Waals surface area contributed by atoms with Crippen molar-refractivity contribution in [2.24, 2.45) is 0 Å². The summed E-state index contributed by atoms with van der Waals surface area (Å²) >= 11 is 0. The van der Waals surface area contributed by atoms with Gasteiger partial charge < -0.3 is 19.5 Å². The van der Waals surface area contributed by atoms with Crippen molar-refractivity contribution in [2.45, 2.75) is 40.3 Å². The molecule has 6 heteroatoms. The second-order valence-electron chi connectivity index (χ2n) is 5.24. The molecular weight excluding hydrogens is 284 g/mol. The molecule has 22 heavy (non-hydrogen) atoms. The van der Waals surface area contributed by atoms with Gasteiger partial charge in [0.25, 0.3) is 0 Å². The van der Waals surface area contributed by atoms with Gasteiger partial charge in [-0.15, -0.1) is 0 Å². The lowest BCUT2D eigenvalue weighted by Crippen LogP contribution is -2.29.